The number of nitrogens with zero attached hydrogens (tertiary/aromatic N) is 3. The van der Waals surface area contributed by atoms with Gasteiger partial charge < -0.3 is 10.6 Å². The Kier molecular flexibility index (Phi) is 4.59. The molecule has 1 saturated carbocycles. The van der Waals surface area contributed by atoms with Crippen molar-refractivity contribution < 1.29 is 9.18 Å². The van der Waals surface area contributed by atoms with Crippen LogP contribution in [0.5, 0.6) is 0 Å². The van der Waals surface area contributed by atoms with Crippen LogP contribution in [0, 0.1) is 16.6 Å². The lowest BCUT2D eigenvalue weighted by molar-refractivity contribution is 0.0962. The quantitative estimate of drug-likeness (QED) is 0.684. The highest BCUT2D eigenvalue weighted by atomic mass is 19.1. The summed E-state index contributed by atoms with van der Waals surface area (Å²) in [6, 6.07) is 5.68. The van der Waals surface area contributed by atoms with E-state index in [1.54, 1.807) is 0 Å². The molecule has 1 aromatic heterocycles. The molecule has 2 unspecified atom stereocenters. The highest BCUT2D eigenvalue weighted by molar-refractivity contribution is 5.95. The monoisotopic (exact) mass is 398 g/mol. The number of carbonyl (C=O) groups is 1. The molecule has 29 heavy (non-hydrogen) atoms. The maximum atomic E-state index is 13.0. The summed E-state index contributed by atoms with van der Waals surface area (Å²) in [6.07, 6.45) is 4.85. The molecule has 1 amide bonds. The number of hydrogen-bond acceptors (Lipinski definition) is 6. The first-order valence-electron chi connectivity index (χ1n) is 9.85. The average molecular weight is 398 g/mol. The van der Waals surface area contributed by atoms with E-state index in [-0.39, 0.29) is 5.41 Å². The zero-order valence-corrected chi connectivity index (χ0v) is 17.0. The van der Waals surface area contributed by atoms with Gasteiger partial charge in [0.15, 0.2) is 11.6 Å². The molecule has 7 nitrogen and oxygen atoms in total. The Bertz CT molecular complexity index is 931. The zero-order chi connectivity index (χ0) is 20.8. The lowest BCUT2D eigenvalue weighted by Crippen LogP contribution is -2.35. The van der Waals surface area contributed by atoms with Gasteiger partial charge in [0.1, 0.15) is 17.8 Å². The molecule has 1 saturated heterocycles. The summed E-state index contributed by atoms with van der Waals surface area (Å²) < 4.78 is 13.0. The molecule has 2 atom stereocenters. The van der Waals surface area contributed by atoms with Crippen molar-refractivity contribution in [3.05, 3.63) is 42.0 Å². The van der Waals surface area contributed by atoms with E-state index in [2.05, 4.69) is 46.5 Å². The summed E-state index contributed by atoms with van der Waals surface area (Å²) in [6.45, 7) is 7.88. The molecule has 154 valence electrons. The molecular weight excluding hydrogens is 371 g/mol. The Morgan fingerprint density at radius 3 is 2.66 bits per heavy atom. The van der Waals surface area contributed by atoms with Gasteiger partial charge in [0.25, 0.3) is 5.91 Å². The van der Waals surface area contributed by atoms with E-state index < -0.39 is 11.7 Å². The van der Waals surface area contributed by atoms with E-state index in [0.29, 0.717) is 34.3 Å². The Morgan fingerprint density at radius 2 is 1.93 bits per heavy atom. The van der Waals surface area contributed by atoms with Crippen LogP contribution in [-0.4, -0.2) is 28.5 Å². The Labute approximate surface area is 169 Å². The van der Waals surface area contributed by atoms with E-state index in [9.17, 15) is 9.18 Å². The number of benzene rings is 1. The summed E-state index contributed by atoms with van der Waals surface area (Å²) >= 11 is 0. The molecule has 2 fully saturated rings. The van der Waals surface area contributed by atoms with E-state index >= 15 is 0 Å². The molecule has 1 aliphatic heterocycles. The Hall–Kier alpha value is -2.90. The van der Waals surface area contributed by atoms with Gasteiger partial charge in [-0.05, 0) is 54.4 Å². The summed E-state index contributed by atoms with van der Waals surface area (Å²) in [5.74, 6) is 0.240. The maximum absolute atomic E-state index is 13.0. The summed E-state index contributed by atoms with van der Waals surface area (Å²) in [4.78, 5) is 23.2. The van der Waals surface area contributed by atoms with Crippen LogP contribution in [-0.2, 0) is 0 Å². The molecule has 0 spiro atoms. The molecule has 8 heteroatoms. The number of anilines is 3. The highest BCUT2D eigenvalue weighted by Gasteiger charge is 2.50. The lowest BCUT2D eigenvalue weighted by Gasteiger charge is -2.39. The predicted molar refractivity (Wildman–Crippen MR) is 111 cm³/mol. The van der Waals surface area contributed by atoms with Crippen LogP contribution in [0.1, 0.15) is 50.4 Å². The minimum Gasteiger partial charge on any atom is -0.393 e. The first-order valence-corrected chi connectivity index (χ1v) is 9.85. The lowest BCUT2D eigenvalue weighted by atomic mass is 9.65. The van der Waals surface area contributed by atoms with Gasteiger partial charge >= 0.3 is 0 Å². The molecule has 2 aromatic rings. The van der Waals surface area contributed by atoms with Crippen LogP contribution in [0.25, 0.3) is 0 Å². The van der Waals surface area contributed by atoms with Gasteiger partial charge in [-0.1, -0.05) is 20.8 Å². The third-order valence-corrected chi connectivity index (χ3v) is 5.95. The number of nitrogen functional groups attached to an aromatic ring is 1. The second-order valence-corrected chi connectivity index (χ2v) is 9.39. The molecule has 1 aliphatic carbocycles. The van der Waals surface area contributed by atoms with Crippen LogP contribution in [0.3, 0.4) is 0 Å². The van der Waals surface area contributed by atoms with Gasteiger partial charge in [-0.15, -0.1) is 0 Å². The number of amides is 1. The molecule has 2 bridgehead atoms. The van der Waals surface area contributed by atoms with Crippen LogP contribution < -0.4 is 21.5 Å². The van der Waals surface area contributed by atoms with E-state index in [4.69, 9.17) is 5.73 Å². The van der Waals surface area contributed by atoms with Gasteiger partial charge in [-0.2, -0.15) is 0 Å². The van der Waals surface area contributed by atoms with Crippen LogP contribution in [0.4, 0.5) is 21.7 Å². The number of nitrogens with one attached hydrogen (secondary N) is 2. The standard InChI is InChI=1S/C21H27FN6O/c1-20(2)8-15-9-21(3,10-20)11-28(15)18-16(23)17(24-12-25-18)26-27-19(29)13-4-6-14(22)7-5-13/h4-7,12,15H,8-11,23H2,1-3H3,(H,27,29)(H,24,25,26). The Balaban J connectivity index is 1.51. The molecule has 2 aliphatic rings. The number of fused-ring (bicyclic) bond motifs is 2. The van der Waals surface area contributed by atoms with Crippen molar-refractivity contribution >= 4 is 23.2 Å². The van der Waals surface area contributed by atoms with E-state index in [1.807, 2.05) is 0 Å². The first-order chi connectivity index (χ1) is 13.7. The van der Waals surface area contributed by atoms with Gasteiger partial charge in [0.2, 0.25) is 0 Å². The van der Waals surface area contributed by atoms with Crippen molar-refractivity contribution in [2.75, 3.05) is 22.6 Å². The average Bonchev–Trinajstić information content (AvgIpc) is 2.89. The van der Waals surface area contributed by atoms with Crippen molar-refractivity contribution in [1.29, 1.82) is 0 Å². The fourth-order valence-electron chi connectivity index (χ4n) is 5.21. The number of rotatable bonds is 4. The molecule has 2 heterocycles. The van der Waals surface area contributed by atoms with Crippen molar-refractivity contribution in [2.45, 2.75) is 46.1 Å². The minimum atomic E-state index is -0.407. The number of hydrogen-bond donors (Lipinski definition) is 3. The first kappa shape index (κ1) is 19.4. The van der Waals surface area contributed by atoms with Gasteiger partial charge in [0.05, 0.1) is 0 Å². The maximum Gasteiger partial charge on any atom is 0.269 e. The van der Waals surface area contributed by atoms with Crippen molar-refractivity contribution in [3.8, 4) is 0 Å². The van der Waals surface area contributed by atoms with Crippen molar-refractivity contribution in [1.82, 2.24) is 15.4 Å². The predicted octanol–water partition coefficient (Wildman–Crippen LogP) is 3.36. The third-order valence-electron chi connectivity index (χ3n) is 5.95. The number of carbonyl (C=O) groups excluding carboxylic acids is 1. The highest BCUT2D eigenvalue weighted by Crippen LogP contribution is 2.53. The zero-order valence-electron chi connectivity index (χ0n) is 17.0. The minimum absolute atomic E-state index is 0.244. The summed E-state index contributed by atoms with van der Waals surface area (Å²) in [5.41, 5.74) is 13.0. The second-order valence-electron chi connectivity index (χ2n) is 9.39. The van der Waals surface area contributed by atoms with E-state index in [0.717, 1.165) is 19.4 Å². The molecule has 1 aromatic carbocycles. The third kappa shape index (κ3) is 3.83. The summed E-state index contributed by atoms with van der Waals surface area (Å²) in [7, 11) is 0. The van der Waals surface area contributed by atoms with Crippen molar-refractivity contribution in [3.63, 3.8) is 0 Å². The topological polar surface area (TPSA) is 96.2 Å². The SMILES string of the molecule is CC1(C)CC2CC(C)(CN2c2ncnc(NNC(=O)c3ccc(F)cc3)c2N)C1. The number of hydrazine groups is 1. The largest absolute Gasteiger partial charge is 0.393 e. The summed E-state index contributed by atoms with van der Waals surface area (Å²) in [5, 5.41) is 0. The Morgan fingerprint density at radius 1 is 1.21 bits per heavy atom. The van der Waals surface area contributed by atoms with Gasteiger partial charge in [-0.25, -0.2) is 14.4 Å². The van der Waals surface area contributed by atoms with Gasteiger partial charge in [0, 0.05) is 18.2 Å². The second kappa shape index (κ2) is 6.86. The van der Waals surface area contributed by atoms with E-state index in [1.165, 1.54) is 37.0 Å². The smallest absolute Gasteiger partial charge is 0.269 e. The molecular formula is C21H27FN6O. The van der Waals surface area contributed by atoms with Crippen LogP contribution in [0.15, 0.2) is 30.6 Å². The van der Waals surface area contributed by atoms with Crippen LogP contribution >= 0.6 is 0 Å². The number of aromatic nitrogens is 2. The van der Waals surface area contributed by atoms with Gasteiger partial charge in [-0.3, -0.25) is 15.6 Å². The van der Waals surface area contributed by atoms with Crippen molar-refractivity contribution in [2.24, 2.45) is 10.8 Å². The molecule has 4 N–H and O–H groups in total. The normalized spacial score (nSPS) is 25.0. The fraction of sp³-hybridized carbons (Fsp3) is 0.476. The molecule has 0 radical (unpaired) electrons. The van der Waals surface area contributed by atoms with Crippen LogP contribution in [0.2, 0.25) is 0 Å². The molecule has 4 rings (SSSR count). The number of nitrogens with two attached hydrogens (primary N) is 1. The number of halogens is 1. The fourth-order valence-corrected chi connectivity index (χ4v) is 5.21.